The van der Waals surface area contributed by atoms with Gasteiger partial charge in [-0.3, -0.25) is 9.59 Å². The van der Waals surface area contributed by atoms with Gasteiger partial charge in [-0.15, -0.1) is 0 Å². The largest absolute Gasteiger partial charge is 0.491 e. The van der Waals surface area contributed by atoms with Gasteiger partial charge >= 0.3 is 0 Å². The van der Waals surface area contributed by atoms with Gasteiger partial charge in [0, 0.05) is 13.1 Å². The minimum absolute atomic E-state index is 0.0650. The molecule has 16 heavy (non-hydrogen) atoms. The average Bonchev–Trinajstić information content (AvgIpc) is 2.78. The Morgan fingerprint density at radius 3 is 2.62 bits per heavy atom. The Kier molecular flexibility index (Phi) is 1.89. The van der Waals surface area contributed by atoms with E-state index in [1.54, 1.807) is 0 Å². The van der Waals surface area contributed by atoms with Gasteiger partial charge in [0.05, 0.1) is 12.6 Å². The van der Waals surface area contributed by atoms with Crippen molar-refractivity contribution in [3.63, 3.8) is 0 Å². The lowest BCUT2D eigenvalue weighted by Gasteiger charge is -2.52. The number of nitrogens with zero attached hydrogens (tertiary/aromatic N) is 1. The van der Waals surface area contributed by atoms with Crippen molar-refractivity contribution in [1.29, 1.82) is 0 Å². The van der Waals surface area contributed by atoms with Crippen molar-refractivity contribution in [3.05, 3.63) is 20.4 Å². The number of nitrogens with one attached hydrogen (secondary N) is 1. The topological polar surface area (TPSA) is 58.6 Å². The quantitative estimate of drug-likeness (QED) is 0.666. The number of anilines is 1. The van der Waals surface area contributed by atoms with E-state index in [0.717, 1.165) is 32.5 Å². The smallest absolute Gasteiger partial charge is 0.272 e. The summed E-state index contributed by atoms with van der Waals surface area (Å²) in [7, 11) is 1.44. The van der Waals surface area contributed by atoms with Crippen LogP contribution in [0.3, 0.4) is 0 Å². The molecule has 0 aliphatic carbocycles. The van der Waals surface area contributed by atoms with Gasteiger partial charge in [-0.2, -0.15) is 0 Å². The van der Waals surface area contributed by atoms with E-state index in [1.807, 2.05) is 0 Å². The summed E-state index contributed by atoms with van der Waals surface area (Å²) in [4.78, 5) is 24.9. The maximum Gasteiger partial charge on any atom is 0.272 e. The first-order chi connectivity index (χ1) is 7.69. The molecule has 1 aromatic rings. The van der Waals surface area contributed by atoms with E-state index < -0.39 is 5.43 Å². The number of ether oxygens (including phenoxy) is 1. The first kappa shape index (κ1) is 9.84. The summed E-state index contributed by atoms with van der Waals surface area (Å²) < 4.78 is 4.99. The van der Waals surface area contributed by atoms with Crippen molar-refractivity contribution in [2.45, 2.75) is 18.4 Å². The van der Waals surface area contributed by atoms with Gasteiger partial charge < -0.3 is 15.0 Å². The van der Waals surface area contributed by atoms with Gasteiger partial charge in [0.1, 0.15) is 5.69 Å². The predicted octanol–water partition coefficient (Wildman–Crippen LogP) is -0.767. The summed E-state index contributed by atoms with van der Waals surface area (Å²) in [5.74, 6) is 0.246. The maximum absolute atomic E-state index is 11.6. The van der Waals surface area contributed by atoms with E-state index in [9.17, 15) is 9.59 Å². The Morgan fingerprint density at radius 1 is 1.31 bits per heavy atom. The molecular formula is C11H14N2O3. The molecule has 1 N–H and O–H groups in total. The Labute approximate surface area is 92.7 Å². The second kappa shape index (κ2) is 3.07. The van der Waals surface area contributed by atoms with Crippen LogP contribution in [0.1, 0.15) is 12.8 Å². The SMILES string of the molecule is COc1c(N2CCC23CCNC3)c(=O)c1=O. The van der Waals surface area contributed by atoms with E-state index >= 15 is 0 Å². The average molecular weight is 222 g/mol. The highest BCUT2D eigenvalue weighted by atomic mass is 16.5. The fourth-order valence-electron chi connectivity index (χ4n) is 2.86. The molecule has 2 fully saturated rings. The molecule has 1 atom stereocenters. The summed E-state index contributed by atoms with van der Waals surface area (Å²) >= 11 is 0. The lowest BCUT2D eigenvalue weighted by atomic mass is 9.82. The van der Waals surface area contributed by atoms with Gasteiger partial charge in [-0.1, -0.05) is 0 Å². The molecule has 2 heterocycles. The molecule has 0 radical (unpaired) electrons. The lowest BCUT2D eigenvalue weighted by Crippen LogP contribution is -2.64. The second-order valence-corrected chi connectivity index (χ2v) is 4.59. The van der Waals surface area contributed by atoms with Gasteiger partial charge in [0.2, 0.25) is 0 Å². The molecule has 0 amide bonds. The zero-order valence-electron chi connectivity index (χ0n) is 9.21. The fourth-order valence-corrected chi connectivity index (χ4v) is 2.86. The van der Waals surface area contributed by atoms with Gasteiger partial charge in [-0.25, -0.2) is 0 Å². The monoisotopic (exact) mass is 222 g/mol. The Balaban J connectivity index is 1.96. The molecule has 5 nitrogen and oxygen atoms in total. The first-order valence-electron chi connectivity index (χ1n) is 5.55. The summed E-state index contributed by atoms with van der Waals surface area (Å²) in [6, 6.07) is 0. The van der Waals surface area contributed by atoms with Crippen molar-refractivity contribution in [3.8, 4) is 5.75 Å². The second-order valence-electron chi connectivity index (χ2n) is 4.59. The molecular weight excluding hydrogens is 208 g/mol. The number of hydrogen-bond acceptors (Lipinski definition) is 5. The van der Waals surface area contributed by atoms with Gasteiger partial charge in [-0.05, 0) is 19.4 Å². The predicted molar refractivity (Wildman–Crippen MR) is 60.1 cm³/mol. The zero-order chi connectivity index (χ0) is 11.3. The van der Waals surface area contributed by atoms with Crippen molar-refractivity contribution >= 4 is 5.69 Å². The van der Waals surface area contributed by atoms with Crippen LogP contribution >= 0.6 is 0 Å². The Morgan fingerprint density at radius 2 is 2.12 bits per heavy atom. The molecule has 5 heteroatoms. The standard InChI is InChI=1S/C11H14N2O3/c1-16-10-7(8(14)9(10)15)13-5-3-11(13)2-4-12-6-11/h12H,2-6H2,1H3. The summed E-state index contributed by atoms with van der Waals surface area (Å²) in [5, 5.41) is 3.31. The van der Waals surface area contributed by atoms with Crippen LogP contribution in [0.15, 0.2) is 9.59 Å². The molecule has 0 saturated carbocycles. The van der Waals surface area contributed by atoms with E-state index in [4.69, 9.17) is 4.74 Å². The van der Waals surface area contributed by atoms with Crippen molar-refractivity contribution in [1.82, 2.24) is 5.32 Å². The summed E-state index contributed by atoms with van der Waals surface area (Å²) in [6.45, 7) is 2.73. The van der Waals surface area contributed by atoms with E-state index in [0.29, 0.717) is 5.69 Å². The molecule has 2 aliphatic heterocycles. The highest BCUT2D eigenvalue weighted by Gasteiger charge is 2.49. The first-order valence-corrected chi connectivity index (χ1v) is 5.55. The van der Waals surface area contributed by atoms with Crippen molar-refractivity contribution < 1.29 is 4.74 Å². The number of methoxy groups -OCH3 is 1. The lowest BCUT2D eigenvalue weighted by molar-refractivity contribution is 0.292. The number of hydrogen-bond donors (Lipinski definition) is 1. The molecule has 3 rings (SSSR count). The van der Waals surface area contributed by atoms with E-state index in [-0.39, 0.29) is 16.7 Å². The Hall–Kier alpha value is -1.36. The van der Waals surface area contributed by atoms with Gasteiger partial charge in [0.15, 0.2) is 5.75 Å². The Bertz CT molecular complexity index is 495. The molecule has 1 spiro atoms. The van der Waals surface area contributed by atoms with Crippen LogP contribution in [0.4, 0.5) is 5.69 Å². The third-order valence-electron chi connectivity index (χ3n) is 3.91. The normalized spacial score (nSPS) is 28.7. The maximum atomic E-state index is 11.6. The zero-order valence-corrected chi connectivity index (χ0v) is 9.21. The van der Waals surface area contributed by atoms with E-state index in [1.165, 1.54) is 7.11 Å². The van der Waals surface area contributed by atoms with E-state index in [2.05, 4.69) is 10.2 Å². The molecule has 0 bridgehead atoms. The minimum atomic E-state index is -0.481. The van der Waals surface area contributed by atoms with Crippen molar-refractivity contribution in [2.75, 3.05) is 31.6 Å². The highest BCUT2D eigenvalue weighted by Crippen LogP contribution is 2.41. The van der Waals surface area contributed by atoms with Crippen LogP contribution in [-0.4, -0.2) is 32.3 Å². The number of rotatable bonds is 2. The van der Waals surface area contributed by atoms with Crippen LogP contribution < -0.4 is 25.8 Å². The van der Waals surface area contributed by atoms with Crippen LogP contribution in [0, 0.1) is 0 Å². The summed E-state index contributed by atoms with van der Waals surface area (Å²) in [6.07, 6.45) is 2.12. The van der Waals surface area contributed by atoms with Crippen LogP contribution in [0.25, 0.3) is 0 Å². The molecule has 1 aromatic carbocycles. The highest BCUT2D eigenvalue weighted by molar-refractivity contribution is 5.67. The molecule has 2 saturated heterocycles. The third kappa shape index (κ3) is 0.988. The third-order valence-corrected chi connectivity index (χ3v) is 3.91. The fraction of sp³-hybridized carbons (Fsp3) is 0.636. The molecule has 1 unspecified atom stereocenters. The van der Waals surface area contributed by atoms with Crippen LogP contribution in [0.5, 0.6) is 5.75 Å². The molecule has 86 valence electrons. The van der Waals surface area contributed by atoms with Crippen molar-refractivity contribution in [2.24, 2.45) is 0 Å². The van der Waals surface area contributed by atoms with Crippen LogP contribution in [0.2, 0.25) is 0 Å². The molecule has 0 aromatic heterocycles. The molecule has 2 aliphatic rings. The van der Waals surface area contributed by atoms with Gasteiger partial charge in [0.25, 0.3) is 10.9 Å². The summed E-state index contributed by atoms with van der Waals surface area (Å²) in [5.41, 5.74) is -0.300. The minimum Gasteiger partial charge on any atom is -0.491 e. The van der Waals surface area contributed by atoms with Crippen LogP contribution in [-0.2, 0) is 0 Å².